The first-order chi connectivity index (χ1) is 11.7. The average molecular weight is 388 g/mol. The molecule has 0 spiro atoms. The number of carbonyl (C=O) groups excluding carboxylic acids is 2. The summed E-state index contributed by atoms with van der Waals surface area (Å²) in [5, 5.41) is 10.9. The Bertz CT molecular complexity index is 703. The molecule has 0 fully saturated rings. The van der Waals surface area contributed by atoms with E-state index in [1.54, 1.807) is 13.8 Å². The number of allylic oxidation sites excluding steroid dienone is 1. The van der Waals surface area contributed by atoms with Gasteiger partial charge in [0.15, 0.2) is 11.9 Å². The number of carboxylic acids is 1. The van der Waals surface area contributed by atoms with E-state index >= 15 is 0 Å². The molecule has 0 saturated heterocycles. The largest absolute Gasteiger partial charge is 0.480 e. The molecular formula is C17H19Cl2NO5. The smallest absolute Gasteiger partial charge is 0.322 e. The predicted molar refractivity (Wildman–Crippen MR) is 95.6 cm³/mol. The summed E-state index contributed by atoms with van der Waals surface area (Å²) in [5.41, 5.74) is 0.598. The molecule has 6 nitrogen and oxygen atoms in total. The van der Waals surface area contributed by atoms with E-state index in [0.29, 0.717) is 12.0 Å². The zero-order valence-electron chi connectivity index (χ0n) is 13.9. The fourth-order valence-corrected chi connectivity index (χ4v) is 2.35. The number of ketones is 1. The van der Waals surface area contributed by atoms with Gasteiger partial charge < -0.3 is 15.2 Å². The van der Waals surface area contributed by atoms with Crippen molar-refractivity contribution in [2.45, 2.75) is 32.8 Å². The first-order valence-electron chi connectivity index (χ1n) is 7.59. The number of hydrogen-bond acceptors (Lipinski definition) is 4. The average Bonchev–Trinajstić information content (AvgIpc) is 2.59. The van der Waals surface area contributed by atoms with Crippen LogP contribution in [-0.2, 0) is 9.59 Å². The van der Waals surface area contributed by atoms with E-state index in [-0.39, 0.29) is 33.6 Å². The molecule has 0 aliphatic rings. The van der Waals surface area contributed by atoms with Gasteiger partial charge in [0.05, 0.1) is 5.02 Å². The second-order valence-corrected chi connectivity index (χ2v) is 5.91. The molecule has 25 heavy (non-hydrogen) atoms. The van der Waals surface area contributed by atoms with Crippen LogP contribution in [0.4, 0.5) is 0 Å². The molecular weight excluding hydrogens is 369 g/mol. The van der Waals surface area contributed by atoms with Crippen LogP contribution in [0, 0.1) is 0 Å². The maximum Gasteiger partial charge on any atom is 0.322 e. The summed E-state index contributed by atoms with van der Waals surface area (Å²) in [6.45, 7) is 6.66. The van der Waals surface area contributed by atoms with E-state index in [4.69, 9.17) is 33.0 Å². The number of ether oxygens (including phenoxy) is 1. The third-order valence-corrected chi connectivity index (χ3v) is 4.25. The van der Waals surface area contributed by atoms with Crippen LogP contribution in [-0.4, -0.2) is 35.4 Å². The van der Waals surface area contributed by atoms with Crippen LogP contribution >= 0.6 is 23.2 Å². The fourth-order valence-electron chi connectivity index (χ4n) is 1.90. The van der Waals surface area contributed by atoms with Gasteiger partial charge in [-0.25, -0.2) is 0 Å². The molecule has 0 aliphatic carbocycles. The summed E-state index contributed by atoms with van der Waals surface area (Å²) in [6.07, 6.45) is -0.181. The van der Waals surface area contributed by atoms with Gasteiger partial charge in [-0.1, -0.05) is 43.6 Å². The molecule has 1 atom stereocenters. The molecule has 1 aromatic carbocycles. The van der Waals surface area contributed by atoms with Gasteiger partial charge in [-0.2, -0.15) is 0 Å². The van der Waals surface area contributed by atoms with Gasteiger partial charge in [-0.15, -0.1) is 0 Å². The van der Waals surface area contributed by atoms with Gasteiger partial charge in [0.25, 0.3) is 5.91 Å². The lowest BCUT2D eigenvalue weighted by molar-refractivity contribution is -0.139. The van der Waals surface area contributed by atoms with Crippen LogP contribution in [0.1, 0.15) is 37.0 Å². The first-order valence-corrected chi connectivity index (χ1v) is 8.35. The minimum Gasteiger partial charge on any atom is -0.480 e. The molecule has 0 aliphatic heterocycles. The number of Topliss-reactive ketones (excluding diaryl/α,β-unsaturated/α-hetero) is 1. The van der Waals surface area contributed by atoms with Crippen LogP contribution in [0.5, 0.6) is 5.75 Å². The predicted octanol–water partition coefficient (Wildman–Crippen LogP) is 3.50. The lowest BCUT2D eigenvalue weighted by Crippen LogP contribution is -2.40. The summed E-state index contributed by atoms with van der Waals surface area (Å²) in [5.74, 6) is -1.94. The van der Waals surface area contributed by atoms with Crippen molar-refractivity contribution in [1.29, 1.82) is 0 Å². The minimum absolute atomic E-state index is 0.000837. The Morgan fingerprint density at radius 1 is 1.24 bits per heavy atom. The number of nitrogens with one attached hydrogen (secondary N) is 1. The Hall–Kier alpha value is -2.05. The molecule has 8 heteroatoms. The Balaban J connectivity index is 3.01. The molecule has 0 bridgehead atoms. The summed E-state index contributed by atoms with van der Waals surface area (Å²) >= 11 is 12.3. The van der Waals surface area contributed by atoms with Crippen molar-refractivity contribution in [3.05, 3.63) is 39.9 Å². The minimum atomic E-state index is -1.16. The molecule has 0 heterocycles. The maximum atomic E-state index is 12.2. The highest BCUT2D eigenvalue weighted by atomic mass is 35.5. The number of amides is 1. The van der Waals surface area contributed by atoms with E-state index in [0.717, 1.165) is 0 Å². The third-order valence-electron chi connectivity index (χ3n) is 3.39. The van der Waals surface area contributed by atoms with Crippen LogP contribution in [0.2, 0.25) is 10.0 Å². The van der Waals surface area contributed by atoms with Gasteiger partial charge in [0.2, 0.25) is 0 Å². The van der Waals surface area contributed by atoms with Crippen LogP contribution in [0.3, 0.4) is 0 Å². The van der Waals surface area contributed by atoms with E-state index in [1.807, 2.05) is 0 Å². The molecule has 136 valence electrons. The molecule has 1 unspecified atom stereocenters. The highest BCUT2D eigenvalue weighted by Gasteiger charge is 2.23. The highest BCUT2D eigenvalue weighted by molar-refractivity contribution is 6.45. The number of carbonyl (C=O) groups is 3. The van der Waals surface area contributed by atoms with Gasteiger partial charge >= 0.3 is 5.97 Å². The van der Waals surface area contributed by atoms with E-state index < -0.39 is 24.5 Å². The number of rotatable bonds is 9. The lowest BCUT2D eigenvalue weighted by atomic mass is 10.0. The number of hydrogen-bond donors (Lipinski definition) is 2. The van der Waals surface area contributed by atoms with Crippen molar-refractivity contribution < 1.29 is 24.2 Å². The van der Waals surface area contributed by atoms with Crippen molar-refractivity contribution in [3.8, 4) is 5.75 Å². The number of halogens is 2. The zero-order chi connectivity index (χ0) is 19.1. The Morgan fingerprint density at radius 3 is 2.40 bits per heavy atom. The monoisotopic (exact) mass is 387 g/mol. The molecule has 0 saturated carbocycles. The molecule has 1 amide bonds. The number of aliphatic carboxylic acids is 1. The lowest BCUT2D eigenvalue weighted by Gasteiger charge is -2.18. The number of benzene rings is 1. The zero-order valence-corrected chi connectivity index (χ0v) is 15.4. The van der Waals surface area contributed by atoms with E-state index in [9.17, 15) is 14.4 Å². The first kappa shape index (κ1) is 21.0. The van der Waals surface area contributed by atoms with Crippen molar-refractivity contribution in [3.63, 3.8) is 0 Å². The second kappa shape index (κ2) is 9.44. The quantitative estimate of drug-likeness (QED) is 0.499. The van der Waals surface area contributed by atoms with Gasteiger partial charge in [0, 0.05) is 5.56 Å². The second-order valence-electron chi connectivity index (χ2n) is 5.15. The third kappa shape index (κ3) is 5.47. The SMILES string of the molecule is C=C(CC)C(=O)c1ccc(OC(CC)C(=O)NCC(=O)O)c(Cl)c1Cl. The molecule has 1 rings (SSSR count). The van der Waals surface area contributed by atoms with E-state index in [2.05, 4.69) is 11.9 Å². The van der Waals surface area contributed by atoms with Gasteiger partial charge in [-0.05, 0) is 30.5 Å². The maximum absolute atomic E-state index is 12.2. The Morgan fingerprint density at radius 2 is 1.88 bits per heavy atom. The fraction of sp³-hybridized carbons (Fsp3) is 0.353. The summed E-state index contributed by atoms with van der Waals surface area (Å²) in [6, 6.07) is 2.89. The highest BCUT2D eigenvalue weighted by Crippen LogP contribution is 2.36. The van der Waals surface area contributed by atoms with Gasteiger partial charge in [-0.3, -0.25) is 14.4 Å². The Kier molecular flexibility index (Phi) is 7.93. The van der Waals surface area contributed by atoms with Crippen LogP contribution in [0.15, 0.2) is 24.3 Å². The van der Waals surface area contributed by atoms with Crippen molar-refractivity contribution in [1.82, 2.24) is 5.32 Å². The summed E-state index contributed by atoms with van der Waals surface area (Å²) in [4.78, 5) is 34.7. The van der Waals surface area contributed by atoms with Crippen molar-refractivity contribution in [2.75, 3.05) is 6.54 Å². The molecule has 0 aromatic heterocycles. The topological polar surface area (TPSA) is 92.7 Å². The number of carboxylic acid groups (broad SMARTS) is 1. The van der Waals surface area contributed by atoms with E-state index in [1.165, 1.54) is 12.1 Å². The molecule has 2 N–H and O–H groups in total. The van der Waals surface area contributed by atoms with Crippen molar-refractivity contribution >= 4 is 40.9 Å². The standard InChI is InChI=1S/C17H19Cl2NO5/c1-4-9(3)16(23)10-6-7-12(15(19)14(10)18)25-11(5-2)17(24)20-8-13(21)22/h6-7,11H,3-5,8H2,1-2H3,(H,20,24)(H,21,22). The van der Waals surface area contributed by atoms with Crippen LogP contribution in [0.25, 0.3) is 0 Å². The summed E-state index contributed by atoms with van der Waals surface area (Å²) < 4.78 is 5.54. The van der Waals surface area contributed by atoms with Crippen LogP contribution < -0.4 is 10.1 Å². The van der Waals surface area contributed by atoms with Crippen molar-refractivity contribution in [2.24, 2.45) is 0 Å². The summed E-state index contributed by atoms with van der Waals surface area (Å²) in [7, 11) is 0. The molecule has 0 radical (unpaired) electrons. The van der Waals surface area contributed by atoms with Gasteiger partial charge in [0.1, 0.15) is 17.3 Å². The Labute approximate surface area is 155 Å². The normalized spacial score (nSPS) is 11.5. The molecule has 1 aromatic rings.